The van der Waals surface area contributed by atoms with Gasteiger partial charge in [0.15, 0.2) is 6.61 Å². The van der Waals surface area contributed by atoms with Crippen LogP contribution in [0.4, 0.5) is 13.2 Å². The molecule has 25 heavy (non-hydrogen) atoms. The number of rotatable bonds is 7. The second kappa shape index (κ2) is 7.83. The average molecular weight is 375 g/mol. The number of hydrogen-bond donors (Lipinski definition) is 2. The minimum Gasteiger partial charge on any atom is -0.484 e. The minimum atomic E-state index is -4.77. The first-order valence-electron chi connectivity index (χ1n) is 6.72. The molecule has 1 aromatic heterocycles. The normalized spacial score (nSPS) is 11.0. The summed E-state index contributed by atoms with van der Waals surface area (Å²) in [6, 6.07) is 4.63. The lowest BCUT2D eigenvalue weighted by molar-refractivity contribution is -0.274. The second-order valence-corrected chi connectivity index (χ2v) is 5.52. The summed E-state index contributed by atoms with van der Waals surface area (Å²) < 4.78 is 44.9. The lowest BCUT2D eigenvalue weighted by atomic mass is 10.3. The van der Waals surface area contributed by atoms with Crippen molar-refractivity contribution in [2.45, 2.75) is 12.9 Å². The van der Waals surface area contributed by atoms with Crippen molar-refractivity contribution in [3.8, 4) is 11.5 Å². The zero-order valence-corrected chi connectivity index (χ0v) is 13.3. The van der Waals surface area contributed by atoms with Crippen LogP contribution in [0.3, 0.4) is 0 Å². The van der Waals surface area contributed by atoms with Crippen LogP contribution < -0.4 is 20.5 Å². The van der Waals surface area contributed by atoms with E-state index < -0.39 is 23.9 Å². The molecule has 2 rings (SSSR count). The predicted octanol–water partition coefficient (Wildman–Crippen LogP) is 1.84. The Morgan fingerprint density at radius 1 is 1.20 bits per heavy atom. The number of nitrogens with two attached hydrogens (primary N) is 1. The zero-order chi connectivity index (χ0) is 18.4. The number of ether oxygens (including phenoxy) is 2. The maximum absolute atomic E-state index is 12.0. The third-order valence-corrected chi connectivity index (χ3v) is 3.52. The smallest absolute Gasteiger partial charge is 0.484 e. The van der Waals surface area contributed by atoms with E-state index in [0.29, 0.717) is 5.01 Å². The number of aromatic nitrogens is 1. The van der Waals surface area contributed by atoms with Crippen molar-refractivity contribution in [2.24, 2.45) is 5.73 Å². The van der Waals surface area contributed by atoms with Crippen LogP contribution in [0, 0.1) is 0 Å². The van der Waals surface area contributed by atoms with Crippen LogP contribution in [-0.4, -0.2) is 29.8 Å². The molecule has 0 saturated heterocycles. The van der Waals surface area contributed by atoms with Gasteiger partial charge in [-0.05, 0) is 24.3 Å². The number of alkyl halides is 3. The molecule has 1 aromatic carbocycles. The standard InChI is InChI=1S/C14H12F3N3O4S/c15-14(16,17)24-9-3-1-8(2-4-9)23-6-11(21)19-5-12-20-10(7-25-12)13(18)22/h1-4,7H,5-6H2,(H2,18,22)(H,19,21). The van der Waals surface area contributed by atoms with Gasteiger partial charge in [-0.3, -0.25) is 9.59 Å². The molecule has 0 aliphatic heterocycles. The van der Waals surface area contributed by atoms with E-state index in [2.05, 4.69) is 15.0 Å². The third kappa shape index (κ3) is 6.30. The molecule has 0 spiro atoms. The number of thiazole rings is 1. The largest absolute Gasteiger partial charge is 0.573 e. The number of carbonyl (C=O) groups excluding carboxylic acids is 2. The highest BCUT2D eigenvalue weighted by Crippen LogP contribution is 2.24. The number of hydrogen-bond acceptors (Lipinski definition) is 6. The van der Waals surface area contributed by atoms with E-state index >= 15 is 0 Å². The molecule has 0 aliphatic rings. The first-order valence-corrected chi connectivity index (χ1v) is 7.60. The Kier molecular flexibility index (Phi) is 5.80. The molecule has 0 aliphatic carbocycles. The Morgan fingerprint density at radius 2 is 1.84 bits per heavy atom. The summed E-state index contributed by atoms with van der Waals surface area (Å²) in [4.78, 5) is 26.5. The maximum Gasteiger partial charge on any atom is 0.573 e. The highest BCUT2D eigenvalue weighted by Gasteiger charge is 2.30. The van der Waals surface area contributed by atoms with Gasteiger partial charge >= 0.3 is 6.36 Å². The number of halogens is 3. The van der Waals surface area contributed by atoms with E-state index in [1.54, 1.807) is 0 Å². The highest BCUT2D eigenvalue weighted by atomic mass is 32.1. The topological polar surface area (TPSA) is 104 Å². The van der Waals surface area contributed by atoms with Gasteiger partial charge in [0.25, 0.3) is 11.8 Å². The van der Waals surface area contributed by atoms with E-state index in [4.69, 9.17) is 10.5 Å². The van der Waals surface area contributed by atoms with Crippen molar-refractivity contribution in [1.82, 2.24) is 10.3 Å². The lowest BCUT2D eigenvalue weighted by Crippen LogP contribution is -2.28. The van der Waals surface area contributed by atoms with E-state index in [1.165, 1.54) is 28.8 Å². The van der Waals surface area contributed by atoms with Crippen LogP contribution in [0.5, 0.6) is 11.5 Å². The van der Waals surface area contributed by atoms with Gasteiger partial charge in [-0.25, -0.2) is 4.98 Å². The van der Waals surface area contributed by atoms with Crippen LogP contribution in [0.15, 0.2) is 29.6 Å². The molecule has 0 bridgehead atoms. The number of benzene rings is 1. The van der Waals surface area contributed by atoms with Crippen LogP contribution in [0.1, 0.15) is 15.5 Å². The zero-order valence-electron chi connectivity index (χ0n) is 12.5. The van der Waals surface area contributed by atoms with Crippen LogP contribution in [0.25, 0.3) is 0 Å². The third-order valence-electron chi connectivity index (χ3n) is 2.67. The van der Waals surface area contributed by atoms with Crippen molar-refractivity contribution < 1.29 is 32.2 Å². The monoisotopic (exact) mass is 375 g/mol. The van der Waals surface area contributed by atoms with Gasteiger partial charge in [-0.2, -0.15) is 0 Å². The molecule has 7 nitrogen and oxygen atoms in total. The molecular weight excluding hydrogens is 363 g/mol. The number of amides is 2. The summed E-state index contributed by atoms with van der Waals surface area (Å²) in [5.74, 6) is -1.31. The van der Waals surface area contributed by atoms with Crippen molar-refractivity contribution in [3.63, 3.8) is 0 Å². The van der Waals surface area contributed by atoms with Gasteiger partial charge in [-0.1, -0.05) is 0 Å². The van der Waals surface area contributed by atoms with E-state index in [0.717, 1.165) is 12.1 Å². The lowest BCUT2D eigenvalue weighted by Gasteiger charge is -2.10. The molecule has 3 N–H and O–H groups in total. The van der Waals surface area contributed by atoms with E-state index in [9.17, 15) is 22.8 Å². The first kappa shape index (κ1) is 18.5. The predicted molar refractivity (Wildman–Crippen MR) is 81.1 cm³/mol. The highest BCUT2D eigenvalue weighted by molar-refractivity contribution is 7.09. The Balaban J connectivity index is 1.76. The fraction of sp³-hybridized carbons (Fsp3) is 0.214. The quantitative estimate of drug-likeness (QED) is 0.769. The summed E-state index contributed by atoms with van der Waals surface area (Å²) in [5, 5.41) is 4.50. The van der Waals surface area contributed by atoms with Crippen LogP contribution in [-0.2, 0) is 11.3 Å². The van der Waals surface area contributed by atoms with E-state index in [-0.39, 0.29) is 24.6 Å². The van der Waals surface area contributed by atoms with Crippen molar-refractivity contribution in [2.75, 3.05) is 6.61 Å². The molecule has 0 unspecified atom stereocenters. The molecule has 134 valence electrons. The number of carbonyl (C=O) groups is 2. The summed E-state index contributed by atoms with van der Waals surface area (Å²) in [7, 11) is 0. The molecular formula is C14H12F3N3O4S. The average Bonchev–Trinajstić information content (AvgIpc) is 3.00. The van der Waals surface area contributed by atoms with Gasteiger partial charge in [0, 0.05) is 5.38 Å². The van der Waals surface area contributed by atoms with Gasteiger partial charge in [-0.15, -0.1) is 24.5 Å². The summed E-state index contributed by atoms with van der Waals surface area (Å²) >= 11 is 1.17. The van der Waals surface area contributed by atoms with Gasteiger partial charge in [0.1, 0.15) is 22.2 Å². The summed E-state index contributed by atoms with van der Waals surface area (Å²) in [6.45, 7) is -0.244. The Hall–Kier alpha value is -2.82. The SMILES string of the molecule is NC(=O)c1csc(CNC(=O)COc2ccc(OC(F)(F)F)cc2)n1. The minimum absolute atomic E-state index is 0.0957. The van der Waals surface area contributed by atoms with Gasteiger partial charge < -0.3 is 20.5 Å². The molecule has 2 amide bonds. The van der Waals surface area contributed by atoms with E-state index in [1.807, 2.05) is 0 Å². The molecule has 0 radical (unpaired) electrons. The van der Waals surface area contributed by atoms with Crippen molar-refractivity contribution in [1.29, 1.82) is 0 Å². The first-order chi connectivity index (χ1) is 11.7. The van der Waals surface area contributed by atoms with Crippen molar-refractivity contribution >= 4 is 23.2 Å². The molecule has 0 saturated carbocycles. The van der Waals surface area contributed by atoms with Gasteiger partial charge in [0.2, 0.25) is 0 Å². The summed E-state index contributed by atoms with van der Waals surface area (Å²) in [6.07, 6.45) is -4.77. The summed E-state index contributed by atoms with van der Waals surface area (Å²) in [5.41, 5.74) is 5.18. The van der Waals surface area contributed by atoms with Gasteiger partial charge in [0.05, 0.1) is 6.54 Å². The number of nitrogens with zero attached hydrogens (tertiary/aromatic N) is 1. The molecule has 0 fully saturated rings. The van der Waals surface area contributed by atoms with Crippen LogP contribution >= 0.6 is 11.3 Å². The Bertz CT molecular complexity index is 747. The fourth-order valence-electron chi connectivity index (χ4n) is 1.62. The number of nitrogens with one attached hydrogen (secondary N) is 1. The van der Waals surface area contributed by atoms with Crippen molar-refractivity contribution in [3.05, 3.63) is 40.3 Å². The molecule has 11 heteroatoms. The molecule has 0 atom stereocenters. The fourth-order valence-corrected chi connectivity index (χ4v) is 2.34. The maximum atomic E-state index is 12.0. The molecule has 1 heterocycles. The number of primary amides is 1. The second-order valence-electron chi connectivity index (χ2n) is 4.58. The Labute approximate surface area is 143 Å². The molecule has 2 aromatic rings. The van der Waals surface area contributed by atoms with Crippen LogP contribution in [0.2, 0.25) is 0 Å². The Morgan fingerprint density at radius 3 is 2.40 bits per heavy atom.